The SMILES string of the molecule is Cc1c(Cc2nc(N)nc(NCC3CCNCC3)c2[N+](=O)[O-])cccc1-c1cccc(CN)c1. The van der Waals surface area contributed by atoms with Crippen molar-refractivity contribution >= 4 is 17.5 Å². The minimum Gasteiger partial charge on any atom is -0.368 e. The zero-order valence-corrected chi connectivity index (χ0v) is 19.4. The lowest BCUT2D eigenvalue weighted by Gasteiger charge is -2.23. The summed E-state index contributed by atoms with van der Waals surface area (Å²) in [6.45, 7) is 5.01. The molecule has 1 saturated heterocycles. The molecule has 0 bridgehead atoms. The van der Waals surface area contributed by atoms with Gasteiger partial charge in [0.05, 0.1) is 4.92 Å². The van der Waals surface area contributed by atoms with Crippen LogP contribution in [0.25, 0.3) is 11.1 Å². The van der Waals surface area contributed by atoms with Crippen molar-refractivity contribution < 1.29 is 4.92 Å². The molecule has 1 aliphatic heterocycles. The van der Waals surface area contributed by atoms with Crippen LogP contribution >= 0.6 is 0 Å². The van der Waals surface area contributed by atoms with Crippen LogP contribution in [0, 0.1) is 23.0 Å². The average Bonchev–Trinajstić information content (AvgIpc) is 2.84. The first-order chi connectivity index (χ1) is 16.5. The monoisotopic (exact) mass is 461 g/mol. The van der Waals surface area contributed by atoms with E-state index in [-0.39, 0.29) is 23.9 Å². The Bertz CT molecular complexity index is 1180. The van der Waals surface area contributed by atoms with Gasteiger partial charge in [-0.25, -0.2) is 4.98 Å². The molecule has 0 amide bonds. The second-order valence-electron chi connectivity index (χ2n) is 8.73. The molecule has 0 radical (unpaired) electrons. The molecule has 1 aromatic heterocycles. The Morgan fingerprint density at radius 1 is 1.18 bits per heavy atom. The smallest absolute Gasteiger partial charge is 0.333 e. The minimum atomic E-state index is -0.413. The van der Waals surface area contributed by atoms with Gasteiger partial charge in [-0.2, -0.15) is 4.98 Å². The van der Waals surface area contributed by atoms with Crippen molar-refractivity contribution in [2.75, 3.05) is 30.7 Å². The lowest BCUT2D eigenvalue weighted by Crippen LogP contribution is -2.31. The van der Waals surface area contributed by atoms with Gasteiger partial charge in [0.15, 0.2) is 0 Å². The van der Waals surface area contributed by atoms with Crippen molar-refractivity contribution in [1.82, 2.24) is 15.3 Å². The van der Waals surface area contributed by atoms with Crippen molar-refractivity contribution in [3.05, 3.63) is 75.0 Å². The van der Waals surface area contributed by atoms with Gasteiger partial charge in [-0.3, -0.25) is 10.1 Å². The Morgan fingerprint density at radius 2 is 1.94 bits per heavy atom. The molecule has 0 saturated carbocycles. The van der Waals surface area contributed by atoms with Crippen LogP contribution in [-0.4, -0.2) is 34.5 Å². The number of aromatic nitrogens is 2. The number of nitrogens with one attached hydrogen (secondary N) is 2. The largest absolute Gasteiger partial charge is 0.368 e. The Kier molecular flexibility index (Phi) is 7.34. The van der Waals surface area contributed by atoms with Gasteiger partial charge in [0, 0.05) is 19.5 Å². The summed E-state index contributed by atoms with van der Waals surface area (Å²) in [7, 11) is 0. The second-order valence-corrected chi connectivity index (χ2v) is 8.73. The number of nitrogen functional groups attached to an aromatic ring is 1. The summed E-state index contributed by atoms with van der Waals surface area (Å²) in [5.74, 6) is 0.650. The number of piperidine rings is 1. The number of hydrogen-bond donors (Lipinski definition) is 4. The Balaban J connectivity index is 1.65. The fraction of sp³-hybridized carbons (Fsp3) is 0.360. The maximum absolute atomic E-state index is 12.1. The third-order valence-electron chi connectivity index (χ3n) is 6.45. The molecule has 9 heteroatoms. The van der Waals surface area contributed by atoms with Crippen LogP contribution in [-0.2, 0) is 13.0 Å². The van der Waals surface area contributed by atoms with Gasteiger partial charge in [0.2, 0.25) is 11.8 Å². The number of nitro groups is 1. The average molecular weight is 462 g/mol. The Morgan fingerprint density at radius 3 is 2.68 bits per heavy atom. The van der Waals surface area contributed by atoms with Gasteiger partial charge in [-0.15, -0.1) is 0 Å². The summed E-state index contributed by atoms with van der Waals surface area (Å²) in [5.41, 5.74) is 17.1. The zero-order chi connectivity index (χ0) is 24.1. The molecule has 1 aliphatic rings. The number of rotatable bonds is 8. The first kappa shape index (κ1) is 23.6. The third-order valence-corrected chi connectivity index (χ3v) is 6.45. The van der Waals surface area contributed by atoms with Crippen LogP contribution in [0.15, 0.2) is 42.5 Å². The van der Waals surface area contributed by atoms with Crippen LogP contribution in [0.4, 0.5) is 17.5 Å². The molecule has 1 fully saturated rings. The van der Waals surface area contributed by atoms with E-state index in [1.807, 2.05) is 43.3 Å². The molecule has 34 heavy (non-hydrogen) atoms. The van der Waals surface area contributed by atoms with Gasteiger partial charge in [-0.05, 0) is 72.7 Å². The summed E-state index contributed by atoms with van der Waals surface area (Å²) < 4.78 is 0. The van der Waals surface area contributed by atoms with E-state index < -0.39 is 4.92 Å². The van der Waals surface area contributed by atoms with E-state index in [0.29, 0.717) is 24.7 Å². The van der Waals surface area contributed by atoms with Crippen molar-refractivity contribution in [2.24, 2.45) is 11.7 Å². The molecule has 3 aromatic rings. The maximum Gasteiger partial charge on any atom is 0.333 e. The standard InChI is InChI=1S/C25H31N7O2/c1-16-19(5-3-7-21(16)20-6-2-4-18(12-20)14-26)13-22-23(32(33)34)24(31-25(27)30-22)29-15-17-8-10-28-11-9-17/h2-7,12,17,28H,8-11,13-15,26H2,1H3,(H3,27,29,30,31). The van der Waals surface area contributed by atoms with Gasteiger partial charge in [-0.1, -0.05) is 36.4 Å². The second kappa shape index (κ2) is 10.6. The van der Waals surface area contributed by atoms with Crippen molar-refractivity contribution in [3.63, 3.8) is 0 Å². The van der Waals surface area contributed by atoms with Crippen LogP contribution < -0.4 is 22.1 Å². The Labute approximate surface area is 199 Å². The molecule has 0 aliphatic carbocycles. The highest BCUT2D eigenvalue weighted by atomic mass is 16.6. The van der Waals surface area contributed by atoms with Crippen LogP contribution in [0.1, 0.15) is 35.2 Å². The molecular formula is C25H31N7O2. The Hall–Kier alpha value is -3.56. The molecule has 2 aromatic carbocycles. The number of benzene rings is 2. The summed E-state index contributed by atoms with van der Waals surface area (Å²) >= 11 is 0. The van der Waals surface area contributed by atoms with Gasteiger partial charge < -0.3 is 22.1 Å². The van der Waals surface area contributed by atoms with E-state index in [2.05, 4.69) is 26.7 Å². The summed E-state index contributed by atoms with van der Waals surface area (Å²) in [6, 6.07) is 14.1. The molecule has 6 N–H and O–H groups in total. The molecule has 0 unspecified atom stereocenters. The number of anilines is 2. The minimum absolute atomic E-state index is 0.0258. The summed E-state index contributed by atoms with van der Waals surface area (Å²) in [4.78, 5) is 20.1. The maximum atomic E-state index is 12.1. The number of hydrogen-bond acceptors (Lipinski definition) is 8. The fourth-order valence-electron chi connectivity index (χ4n) is 4.52. The lowest BCUT2D eigenvalue weighted by molar-refractivity contribution is -0.385. The van der Waals surface area contributed by atoms with E-state index in [4.69, 9.17) is 11.5 Å². The van der Waals surface area contributed by atoms with Crippen molar-refractivity contribution in [3.8, 4) is 11.1 Å². The van der Waals surface area contributed by atoms with Crippen molar-refractivity contribution in [2.45, 2.75) is 32.7 Å². The molecule has 0 spiro atoms. The van der Waals surface area contributed by atoms with Gasteiger partial charge in [0.1, 0.15) is 5.69 Å². The number of nitrogens with zero attached hydrogens (tertiary/aromatic N) is 3. The van der Waals surface area contributed by atoms with E-state index >= 15 is 0 Å². The molecule has 178 valence electrons. The third kappa shape index (κ3) is 5.32. The molecule has 4 rings (SSSR count). The summed E-state index contributed by atoms with van der Waals surface area (Å²) in [5, 5.41) is 18.6. The molecule has 9 nitrogen and oxygen atoms in total. The van der Waals surface area contributed by atoms with Crippen molar-refractivity contribution in [1.29, 1.82) is 0 Å². The van der Waals surface area contributed by atoms with E-state index in [1.54, 1.807) is 0 Å². The fourth-order valence-corrected chi connectivity index (χ4v) is 4.52. The highest BCUT2D eigenvalue weighted by Crippen LogP contribution is 2.32. The molecular weight excluding hydrogens is 430 g/mol. The normalized spacial score (nSPS) is 14.2. The highest BCUT2D eigenvalue weighted by Gasteiger charge is 2.26. The zero-order valence-electron chi connectivity index (χ0n) is 19.4. The van der Waals surface area contributed by atoms with Gasteiger partial charge in [0.25, 0.3) is 0 Å². The first-order valence-electron chi connectivity index (χ1n) is 11.6. The molecule has 0 atom stereocenters. The van der Waals surface area contributed by atoms with E-state index in [9.17, 15) is 10.1 Å². The first-order valence-corrected chi connectivity index (χ1v) is 11.6. The van der Waals surface area contributed by atoms with E-state index in [0.717, 1.165) is 53.7 Å². The van der Waals surface area contributed by atoms with Crippen LogP contribution in [0.2, 0.25) is 0 Å². The van der Waals surface area contributed by atoms with Gasteiger partial charge >= 0.3 is 5.69 Å². The summed E-state index contributed by atoms with van der Waals surface area (Å²) in [6.07, 6.45) is 2.32. The van der Waals surface area contributed by atoms with Crippen LogP contribution in [0.3, 0.4) is 0 Å². The predicted molar refractivity (Wildman–Crippen MR) is 134 cm³/mol. The number of nitrogens with two attached hydrogens (primary N) is 2. The predicted octanol–water partition coefficient (Wildman–Crippen LogP) is 3.40. The van der Waals surface area contributed by atoms with Crippen LogP contribution in [0.5, 0.6) is 0 Å². The topological polar surface area (TPSA) is 145 Å². The highest BCUT2D eigenvalue weighted by molar-refractivity contribution is 5.70. The van der Waals surface area contributed by atoms with E-state index in [1.165, 1.54) is 0 Å². The quantitative estimate of drug-likeness (QED) is 0.295. The lowest BCUT2D eigenvalue weighted by atomic mass is 9.93. The molecule has 2 heterocycles.